The number of nitrogens with two attached hydrogens (primary N) is 1. The van der Waals surface area contributed by atoms with E-state index in [4.69, 9.17) is 10.9 Å². The van der Waals surface area contributed by atoms with Crippen molar-refractivity contribution in [3.8, 4) is 0 Å². The fourth-order valence-electron chi connectivity index (χ4n) is 1.33. The summed E-state index contributed by atoms with van der Waals surface area (Å²) in [6, 6.07) is 3.66. The third kappa shape index (κ3) is 3.44. The number of rotatable bonds is 4. The molecule has 0 heterocycles. The van der Waals surface area contributed by atoms with Crippen molar-refractivity contribution in [1.82, 2.24) is 0 Å². The lowest BCUT2D eigenvalue weighted by Crippen LogP contribution is -2.19. The molecule has 0 aliphatic heterocycles. The van der Waals surface area contributed by atoms with Gasteiger partial charge in [0.2, 0.25) is 5.91 Å². The van der Waals surface area contributed by atoms with Gasteiger partial charge in [-0.2, -0.15) is 0 Å². The molecule has 92 valence electrons. The molecule has 0 aliphatic rings. The van der Waals surface area contributed by atoms with Crippen molar-refractivity contribution in [3.05, 3.63) is 29.6 Å². The third-order valence-corrected chi connectivity index (χ3v) is 2.12. The topological polar surface area (TPSA) is 87.7 Å². The Morgan fingerprint density at radius 1 is 1.59 bits per heavy atom. The summed E-state index contributed by atoms with van der Waals surface area (Å²) >= 11 is 0. The summed E-state index contributed by atoms with van der Waals surface area (Å²) in [7, 11) is 0. The molecule has 1 amide bonds. The van der Waals surface area contributed by atoms with Crippen LogP contribution in [-0.4, -0.2) is 17.0 Å². The van der Waals surface area contributed by atoms with Gasteiger partial charge in [0, 0.05) is 12.0 Å². The Balaban J connectivity index is 3.02. The Labute approximate surface area is 98.1 Å². The van der Waals surface area contributed by atoms with E-state index in [0.717, 1.165) is 6.07 Å². The molecule has 0 fully saturated rings. The molecule has 0 bridgehead atoms. The van der Waals surface area contributed by atoms with E-state index in [1.54, 1.807) is 0 Å². The van der Waals surface area contributed by atoms with E-state index < -0.39 is 5.82 Å². The smallest absolute Gasteiger partial charge is 0.224 e. The lowest BCUT2D eigenvalue weighted by molar-refractivity contribution is -0.116. The Morgan fingerprint density at radius 2 is 2.29 bits per heavy atom. The highest BCUT2D eigenvalue weighted by molar-refractivity contribution is 6.05. The summed E-state index contributed by atoms with van der Waals surface area (Å²) in [5.41, 5.74) is 5.87. The van der Waals surface area contributed by atoms with E-state index in [2.05, 4.69) is 10.5 Å². The first-order chi connectivity index (χ1) is 8.08. The second-order valence-corrected chi connectivity index (χ2v) is 3.47. The number of amides is 1. The van der Waals surface area contributed by atoms with Crippen molar-refractivity contribution >= 4 is 17.4 Å². The van der Waals surface area contributed by atoms with Gasteiger partial charge in [-0.1, -0.05) is 12.1 Å². The summed E-state index contributed by atoms with van der Waals surface area (Å²) in [5, 5.41) is 13.9. The average molecular weight is 239 g/mol. The standard InChI is InChI=1S/C11H14FN3O2/c1-2-3-10(16)14-9-5-4-7(12)6-8(9)11(13)15-17/h4-6,17H,2-3H2,1H3,(H2,13,15)(H,14,16). The van der Waals surface area contributed by atoms with Gasteiger partial charge >= 0.3 is 0 Å². The van der Waals surface area contributed by atoms with E-state index in [-0.39, 0.29) is 17.3 Å². The van der Waals surface area contributed by atoms with Crippen LogP contribution in [0.3, 0.4) is 0 Å². The number of nitrogens with one attached hydrogen (secondary N) is 1. The number of benzene rings is 1. The predicted octanol–water partition coefficient (Wildman–Crippen LogP) is 1.66. The molecule has 1 aromatic carbocycles. The zero-order valence-electron chi connectivity index (χ0n) is 9.40. The average Bonchev–Trinajstić information content (AvgIpc) is 2.30. The number of carbonyl (C=O) groups is 1. The number of hydrogen-bond donors (Lipinski definition) is 3. The highest BCUT2D eigenvalue weighted by Crippen LogP contribution is 2.17. The zero-order chi connectivity index (χ0) is 12.8. The first-order valence-electron chi connectivity index (χ1n) is 5.15. The molecule has 4 N–H and O–H groups in total. The molecule has 0 radical (unpaired) electrons. The Bertz CT molecular complexity index is 446. The molecule has 1 rings (SSSR count). The van der Waals surface area contributed by atoms with Crippen LogP contribution in [0.15, 0.2) is 23.4 Å². The molecule has 0 spiro atoms. The molecule has 6 heteroatoms. The van der Waals surface area contributed by atoms with Crippen LogP contribution < -0.4 is 11.1 Å². The molecule has 0 aromatic heterocycles. The van der Waals surface area contributed by atoms with Gasteiger partial charge in [-0.05, 0) is 24.6 Å². The summed E-state index contributed by atoms with van der Waals surface area (Å²) in [6.07, 6.45) is 1.05. The second kappa shape index (κ2) is 5.83. The van der Waals surface area contributed by atoms with Crippen LogP contribution in [0.4, 0.5) is 10.1 Å². The highest BCUT2D eigenvalue weighted by atomic mass is 19.1. The SMILES string of the molecule is CCCC(=O)Nc1ccc(F)cc1/C(N)=N/O. The lowest BCUT2D eigenvalue weighted by Gasteiger charge is -2.09. The van der Waals surface area contributed by atoms with Crippen LogP contribution in [0.25, 0.3) is 0 Å². The van der Waals surface area contributed by atoms with Gasteiger partial charge in [-0.25, -0.2) is 4.39 Å². The van der Waals surface area contributed by atoms with Crippen LogP contribution in [0.1, 0.15) is 25.3 Å². The van der Waals surface area contributed by atoms with Crippen LogP contribution in [0.5, 0.6) is 0 Å². The molecular weight excluding hydrogens is 225 g/mol. The van der Waals surface area contributed by atoms with Gasteiger partial charge in [0.25, 0.3) is 0 Å². The molecule has 1 aromatic rings. The van der Waals surface area contributed by atoms with Crippen LogP contribution >= 0.6 is 0 Å². The van der Waals surface area contributed by atoms with Crippen LogP contribution in [0, 0.1) is 5.82 Å². The molecule has 0 saturated carbocycles. The van der Waals surface area contributed by atoms with Crippen molar-refractivity contribution in [2.75, 3.05) is 5.32 Å². The minimum atomic E-state index is -0.528. The fourth-order valence-corrected chi connectivity index (χ4v) is 1.33. The van der Waals surface area contributed by atoms with Crippen molar-refractivity contribution in [1.29, 1.82) is 0 Å². The van der Waals surface area contributed by atoms with E-state index in [1.165, 1.54) is 12.1 Å². The summed E-state index contributed by atoms with van der Waals surface area (Å²) in [5.74, 6) is -0.984. The molecule has 0 aliphatic carbocycles. The van der Waals surface area contributed by atoms with Crippen LogP contribution in [-0.2, 0) is 4.79 Å². The molecule has 0 saturated heterocycles. The van der Waals surface area contributed by atoms with Crippen LogP contribution in [0.2, 0.25) is 0 Å². The van der Waals surface area contributed by atoms with Crippen molar-refractivity contribution < 1.29 is 14.4 Å². The largest absolute Gasteiger partial charge is 0.409 e. The number of anilines is 1. The maximum absolute atomic E-state index is 13.0. The maximum atomic E-state index is 13.0. The van der Waals surface area contributed by atoms with Gasteiger partial charge in [-0.3, -0.25) is 4.79 Å². The maximum Gasteiger partial charge on any atom is 0.224 e. The number of carbonyl (C=O) groups excluding carboxylic acids is 1. The number of nitrogens with zero attached hydrogens (tertiary/aromatic N) is 1. The number of amidine groups is 1. The third-order valence-electron chi connectivity index (χ3n) is 2.12. The van der Waals surface area contributed by atoms with Crippen molar-refractivity contribution in [3.63, 3.8) is 0 Å². The molecule has 0 atom stereocenters. The molecule has 17 heavy (non-hydrogen) atoms. The lowest BCUT2D eigenvalue weighted by atomic mass is 10.1. The molecule has 0 unspecified atom stereocenters. The second-order valence-electron chi connectivity index (χ2n) is 3.47. The Hall–Kier alpha value is -2.11. The number of oxime groups is 1. The van der Waals surface area contributed by atoms with Gasteiger partial charge < -0.3 is 16.3 Å². The number of hydrogen-bond acceptors (Lipinski definition) is 3. The highest BCUT2D eigenvalue weighted by Gasteiger charge is 2.10. The normalized spacial score (nSPS) is 11.3. The van der Waals surface area contributed by atoms with Crippen molar-refractivity contribution in [2.45, 2.75) is 19.8 Å². The first-order valence-corrected chi connectivity index (χ1v) is 5.15. The van der Waals surface area contributed by atoms with Crippen molar-refractivity contribution in [2.24, 2.45) is 10.9 Å². The van der Waals surface area contributed by atoms with Gasteiger partial charge in [-0.15, -0.1) is 0 Å². The first kappa shape index (κ1) is 13.0. The minimum absolute atomic E-state index is 0.150. The fraction of sp³-hybridized carbons (Fsp3) is 0.273. The summed E-state index contributed by atoms with van der Waals surface area (Å²) in [6.45, 7) is 1.87. The minimum Gasteiger partial charge on any atom is -0.409 e. The van der Waals surface area contributed by atoms with E-state index in [9.17, 15) is 9.18 Å². The predicted molar refractivity (Wildman–Crippen MR) is 62.4 cm³/mol. The molecular formula is C11H14FN3O2. The van der Waals surface area contributed by atoms with E-state index in [0.29, 0.717) is 18.5 Å². The van der Waals surface area contributed by atoms with E-state index >= 15 is 0 Å². The summed E-state index contributed by atoms with van der Waals surface area (Å²) < 4.78 is 13.0. The Morgan fingerprint density at radius 3 is 2.88 bits per heavy atom. The quantitative estimate of drug-likeness (QED) is 0.323. The van der Waals surface area contributed by atoms with E-state index in [1.807, 2.05) is 6.92 Å². The Kier molecular flexibility index (Phi) is 4.45. The van der Waals surface area contributed by atoms with Gasteiger partial charge in [0.1, 0.15) is 5.82 Å². The molecule has 5 nitrogen and oxygen atoms in total. The number of halogens is 1. The zero-order valence-corrected chi connectivity index (χ0v) is 9.40. The monoisotopic (exact) mass is 239 g/mol. The van der Waals surface area contributed by atoms with Gasteiger partial charge in [0.15, 0.2) is 5.84 Å². The summed E-state index contributed by atoms with van der Waals surface area (Å²) in [4.78, 5) is 11.4. The van der Waals surface area contributed by atoms with Gasteiger partial charge in [0.05, 0.1) is 5.69 Å².